The summed E-state index contributed by atoms with van der Waals surface area (Å²) in [6.07, 6.45) is -10.3. The second-order valence-electron chi connectivity index (χ2n) is 10.3. The number of rotatable bonds is 4. The van der Waals surface area contributed by atoms with Crippen molar-refractivity contribution in [1.82, 2.24) is 4.57 Å². The minimum Gasteiger partial charge on any atom is -0.395 e. The van der Waals surface area contributed by atoms with Crippen molar-refractivity contribution >= 4 is 21.8 Å². The van der Waals surface area contributed by atoms with Crippen LogP contribution in [-0.2, 0) is 16.0 Å². The molecule has 0 amide bonds. The minimum absolute atomic E-state index is 0.123. The molecule has 11 heteroatoms. The van der Waals surface area contributed by atoms with E-state index in [1.165, 1.54) is 0 Å². The summed E-state index contributed by atoms with van der Waals surface area (Å²) in [4.78, 5) is 0. The normalized spacial score (nSPS) is 31.9. The first-order chi connectivity index (χ1) is 19.7. The van der Waals surface area contributed by atoms with Gasteiger partial charge in [-0.3, -0.25) is 0 Å². The van der Waals surface area contributed by atoms with E-state index in [2.05, 4.69) is 23.7 Å². The quantitative estimate of drug-likeness (QED) is 0.167. The number of hydrogen-bond donors (Lipinski definition) is 8. The number of aliphatic hydroxyl groups is 8. The van der Waals surface area contributed by atoms with Gasteiger partial charge in [-0.05, 0) is 24.3 Å². The van der Waals surface area contributed by atoms with Crippen LogP contribution in [0, 0.1) is 23.7 Å². The topological polar surface area (TPSA) is 185 Å². The van der Waals surface area contributed by atoms with E-state index in [-0.39, 0.29) is 26.2 Å². The van der Waals surface area contributed by atoms with Crippen molar-refractivity contribution in [3.8, 4) is 23.7 Å². The summed E-state index contributed by atoms with van der Waals surface area (Å²) in [5.74, 6) is 11.5. The Morgan fingerprint density at radius 2 is 1.29 bits per heavy atom. The van der Waals surface area contributed by atoms with Crippen molar-refractivity contribution in [2.24, 2.45) is 0 Å². The summed E-state index contributed by atoms with van der Waals surface area (Å²) in [7, 11) is 0. The summed E-state index contributed by atoms with van der Waals surface area (Å²) < 4.78 is 13.0. The van der Waals surface area contributed by atoms with Gasteiger partial charge in [0.2, 0.25) is 0 Å². The number of aromatic nitrogens is 1. The number of ether oxygens (including phenoxy) is 2. The number of hydrogen-bond acceptors (Lipinski definition) is 10. The van der Waals surface area contributed by atoms with E-state index in [1.54, 1.807) is 6.07 Å². The lowest BCUT2D eigenvalue weighted by molar-refractivity contribution is -0.214. The van der Waals surface area contributed by atoms with Crippen LogP contribution in [-0.4, -0.2) is 120 Å². The van der Waals surface area contributed by atoms with E-state index >= 15 is 0 Å². The maximum atomic E-state index is 10.3. The van der Waals surface area contributed by atoms with Crippen LogP contribution in [0.1, 0.15) is 17.5 Å². The SMILES string of the molecule is OCCn1c2cc(C#C[C@H]3O[C@H](CO)[C@@H](O)[C@H](O)[C@@H]3O)ccc2c2ccc(C#C[C@H]3O[C@H](CO)C[C@H](O)[C@@H]3O)cc21. The smallest absolute Gasteiger partial charge is 0.147 e. The Morgan fingerprint density at radius 3 is 1.83 bits per heavy atom. The standard InChI is InChI=1S/C30H33NO10/c32-10-9-31-21-11-16(3-7-24-27(36)23(35)13-18(14-33)40-24)1-5-19(21)20-6-2-17(12-22(20)31)4-8-25-28(37)30(39)29(38)26(15-34)41-25/h1-2,5-6,11-12,18,23-30,32-39H,9-10,13-15H2/t18-,23-,24+,25+,26+,27-,28+,29+,30+/m0/s1. The molecule has 2 fully saturated rings. The lowest BCUT2D eigenvalue weighted by atomic mass is 9.95. The average molecular weight is 568 g/mol. The van der Waals surface area contributed by atoms with Gasteiger partial charge in [0.25, 0.3) is 0 Å². The second-order valence-corrected chi connectivity index (χ2v) is 10.3. The summed E-state index contributed by atoms with van der Waals surface area (Å²) in [6.45, 7) is -0.667. The van der Waals surface area contributed by atoms with Crippen LogP contribution in [0.3, 0.4) is 0 Å². The molecule has 41 heavy (non-hydrogen) atoms. The molecule has 218 valence electrons. The zero-order valence-electron chi connectivity index (χ0n) is 22.0. The number of aliphatic hydroxyl groups excluding tert-OH is 8. The largest absolute Gasteiger partial charge is 0.395 e. The number of benzene rings is 2. The van der Waals surface area contributed by atoms with Gasteiger partial charge in [-0.1, -0.05) is 35.8 Å². The van der Waals surface area contributed by atoms with Crippen LogP contribution in [0.25, 0.3) is 21.8 Å². The molecule has 8 N–H and O–H groups in total. The Balaban J connectivity index is 1.47. The molecule has 0 aliphatic carbocycles. The van der Waals surface area contributed by atoms with Gasteiger partial charge in [0.05, 0.1) is 43.1 Å². The maximum Gasteiger partial charge on any atom is 0.147 e. The van der Waals surface area contributed by atoms with Crippen molar-refractivity contribution in [3.63, 3.8) is 0 Å². The van der Waals surface area contributed by atoms with E-state index in [4.69, 9.17) is 9.47 Å². The Bertz CT molecular complexity index is 1510. The third kappa shape index (κ3) is 5.84. The molecule has 0 radical (unpaired) electrons. The lowest BCUT2D eigenvalue weighted by Crippen LogP contribution is -2.58. The van der Waals surface area contributed by atoms with Gasteiger partial charge in [-0.25, -0.2) is 0 Å². The van der Waals surface area contributed by atoms with Crippen LogP contribution in [0.4, 0.5) is 0 Å². The highest BCUT2D eigenvalue weighted by Crippen LogP contribution is 2.31. The Morgan fingerprint density at radius 1 is 0.707 bits per heavy atom. The highest BCUT2D eigenvalue weighted by molar-refractivity contribution is 6.08. The predicted octanol–water partition coefficient (Wildman–Crippen LogP) is -1.80. The molecule has 1 aromatic heterocycles. The Hall–Kier alpha value is -3.04. The van der Waals surface area contributed by atoms with E-state index in [0.29, 0.717) is 11.1 Å². The number of nitrogens with zero attached hydrogens (tertiary/aromatic N) is 1. The molecule has 2 aromatic carbocycles. The first-order valence-corrected chi connectivity index (χ1v) is 13.4. The van der Waals surface area contributed by atoms with Gasteiger partial charge >= 0.3 is 0 Å². The number of fused-ring (bicyclic) bond motifs is 3. The third-order valence-electron chi connectivity index (χ3n) is 7.55. The zero-order valence-corrected chi connectivity index (χ0v) is 22.0. The van der Waals surface area contributed by atoms with Gasteiger partial charge in [-0.2, -0.15) is 0 Å². The first-order valence-electron chi connectivity index (χ1n) is 13.4. The molecule has 0 saturated carbocycles. The molecule has 0 spiro atoms. The van der Waals surface area contributed by atoms with Crippen LogP contribution < -0.4 is 0 Å². The monoisotopic (exact) mass is 567 g/mol. The van der Waals surface area contributed by atoms with Crippen molar-refractivity contribution in [2.45, 2.75) is 67.9 Å². The summed E-state index contributed by atoms with van der Waals surface area (Å²) in [6, 6.07) is 11.1. The Kier molecular flexibility index (Phi) is 8.94. The van der Waals surface area contributed by atoms with Gasteiger partial charge in [0.1, 0.15) is 42.7 Å². The molecule has 2 aliphatic heterocycles. The second kappa shape index (κ2) is 12.4. The molecule has 9 atom stereocenters. The lowest BCUT2D eigenvalue weighted by Gasteiger charge is -2.37. The molecule has 11 nitrogen and oxygen atoms in total. The zero-order chi connectivity index (χ0) is 29.3. The molecular weight excluding hydrogens is 534 g/mol. The van der Waals surface area contributed by atoms with E-state index < -0.39 is 61.5 Å². The molecule has 3 heterocycles. The van der Waals surface area contributed by atoms with Crippen LogP contribution in [0.15, 0.2) is 36.4 Å². The van der Waals surface area contributed by atoms with Gasteiger partial charge < -0.3 is 54.9 Å². The highest BCUT2D eigenvalue weighted by atomic mass is 16.5. The molecule has 2 aliphatic rings. The van der Waals surface area contributed by atoms with Crippen molar-refractivity contribution in [1.29, 1.82) is 0 Å². The molecule has 2 saturated heterocycles. The van der Waals surface area contributed by atoms with Crippen molar-refractivity contribution < 1.29 is 50.3 Å². The van der Waals surface area contributed by atoms with Crippen LogP contribution in [0.5, 0.6) is 0 Å². The van der Waals surface area contributed by atoms with E-state index in [9.17, 15) is 40.9 Å². The molecular formula is C30H33NO10. The van der Waals surface area contributed by atoms with Gasteiger partial charge in [0, 0.05) is 34.9 Å². The van der Waals surface area contributed by atoms with Crippen molar-refractivity contribution in [2.75, 3.05) is 19.8 Å². The maximum absolute atomic E-state index is 10.3. The fourth-order valence-electron chi connectivity index (χ4n) is 5.31. The predicted molar refractivity (Wildman–Crippen MR) is 146 cm³/mol. The fraction of sp³-hybridized carbons (Fsp3) is 0.467. The van der Waals surface area contributed by atoms with E-state index in [1.807, 2.05) is 34.9 Å². The van der Waals surface area contributed by atoms with Crippen LogP contribution in [0.2, 0.25) is 0 Å². The summed E-state index contributed by atoms with van der Waals surface area (Å²) in [5, 5.41) is 81.0. The molecule has 0 unspecified atom stereocenters. The molecule has 3 aromatic rings. The minimum atomic E-state index is -1.51. The Labute approximate surface area is 235 Å². The molecule has 5 rings (SSSR count). The summed E-state index contributed by atoms with van der Waals surface area (Å²) in [5.41, 5.74) is 2.80. The van der Waals surface area contributed by atoms with Crippen LogP contribution >= 0.6 is 0 Å². The van der Waals surface area contributed by atoms with Gasteiger partial charge in [0.15, 0.2) is 0 Å². The van der Waals surface area contributed by atoms with Gasteiger partial charge in [-0.15, -0.1) is 0 Å². The third-order valence-corrected chi connectivity index (χ3v) is 7.55. The summed E-state index contributed by atoms with van der Waals surface area (Å²) >= 11 is 0. The molecule has 0 bridgehead atoms. The van der Waals surface area contributed by atoms with Crippen molar-refractivity contribution in [3.05, 3.63) is 47.5 Å². The average Bonchev–Trinajstić information content (AvgIpc) is 3.28. The first kappa shape index (κ1) is 29.5. The van der Waals surface area contributed by atoms with E-state index in [0.717, 1.165) is 21.8 Å². The highest BCUT2D eigenvalue weighted by Gasteiger charge is 2.42. The fourth-order valence-corrected chi connectivity index (χ4v) is 5.31.